The molecule has 118 valence electrons. The fourth-order valence-electron chi connectivity index (χ4n) is 2.67. The smallest absolute Gasteiger partial charge is 0.238 e. The van der Waals surface area contributed by atoms with Gasteiger partial charge in [-0.25, -0.2) is 0 Å². The molecule has 0 bridgehead atoms. The number of likely N-dealkylation sites (tertiary alicyclic amines) is 1. The average Bonchev–Trinajstić information content (AvgIpc) is 2.39. The molecule has 4 nitrogen and oxygen atoms in total. The molecular formula is C16H26ClN3O. The van der Waals surface area contributed by atoms with E-state index in [9.17, 15) is 4.79 Å². The molecule has 2 rings (SSSR count). The van der Waals surface area contributed by atoms with Crippen molar-refractivity contribution >= 4 is 24.0 Å². The summed E-state index contributed by atoms with van der Waals surface area (Å²) in [5.41, 5.74) is 9.25. The fourth-order valence-corrected chi connectivity index (χ4v) is 2.67. The summed E-state index contributed by atoms with van der Waals surface area (Å²) in [6, 6.07) is 6.25. The fraction of sp³-hybridized carbons (Fsp3) is 0.562. The van der Waals surface area contributed by atoms with Crippen LogP contribution in [0.15, 0.2) is 18.2 Å². The predicted octanol–water partition coefficient (Wildman–Crippen LogP) is 2.33. The highest BCUT2D eigenvalue weighted by Gasteiger charge is 2.24. The highest BCUT2D eigenvalue weighted by molar-refractivity contribution is 5.93. The van der Waals surface area contributed by atoms with Crippen LogP contribution in [0.3, 0.4) is 0 Å². The minimum absolute atomic E-state index is 0. The molecule has 0 saturated carbocycles. The van der Waals surface area contributed by atoms with Crippen molar-refractivity contribution in [2.45, 2.75) is 33.2 Å². The van der Waals surface area contributed by atoms with Gasteiger partial charge in [0.2, 0.25) is 5.91 Å². The maximum absolute atomic E-state index is 12.1. The molecule has 1 heterocycles. The Bertz CT molecular complexity index is 492. The van der Waals surface area contributed by atoms with Crippen LogP contribution in [-0.4, -0.2) is 36.5 Å². The number of piperidine rings is 1. The summed E-state index contributed by atoms with van der Waals surface area (Å²) in [7, 11) is 0. The van der Waals surface area contributed by atoms with Crippen molar-refractivity contribution in [3.8, 4) is 0 Å². The second kappa shape index (κ2) is 7.78. The van der Waals surface area contributed by atoms with Crippen LogP contribution in [0.4, 0.5) is 5.69 Å². The summed E-state index contributed by atoms with van der Waals surface area (Å²) in [6.07, 6.45) is 0.970. The summed E-state index contributed by atoms with van der Waals surface area (Å²) in [6.45, 7) is 8.50. The maximum atomic E-state index is 12.1. The molecule has 0 radical (unpaired) electrons. The third kappa shape index (κ3) is 4.70. The van der Waals surface area contributed by atoms with Gasteiger partial charge in [0.05, 0.1) is 6.54 Å². The molecule has 1 aromatic rings. The van der Waals surface area contributed by atoms with E-state index in [2.05, 4.69) is 30.1 Å². The van der Waals surface area contributed by atoms with E-state index < -0.39 is 0 Å². The Kier molecular flexibility index (Phi) is 6.65. The second-order valence-corrected chi connectivity index (χ2v) is 5.96. The van der Waals surface area contributed by atoms with E-state index in [0.29, 0.717) is 12.5 Å². The van der Waals surface area contributed by atoms with Gasteiger partial charge in [-0.15, -0.1) is 12.4 Å². The molecule has 0 aromatic heterocycles. The number of benzene rings is 1. The van der Waals surface area contributed by atoms with Gasteiger partial charge in [0.15, 0.2) is 0 Å². The average molecular weight is 312 g/mol. The van der Waals surface area contributed by atoms with E-state index in [1.165, 1.54) is 5.56 Å². The minimum atomic E-state index is 0. The van der Waals surface area contributed by atoms with Crippen molar-refractivity contribution < 1.29 is 4.79 Å². The monoisotopic (exact) mass is 311 g/mol. The number of anilines is 1. The van der Waals surface area contributed by atoms with E-state index in [1.54, 1.807) is 0 Å². The second-order valence-electron chi connectivity index (χ2n) is 5.96. The van der Waals surface area contributed by atoms with Crippen LogP contribution in [0.1, 0.15) is 24.5 Å². The van der Waals surface area contributed by atoms with Gasteiger partial charge in [-0.2, -0.15) is 0 Å². The number of rotatable bonds is 3. The zero-order chi connectivity index (χ0) is 14.7. The number of hydrogen-bond acceptors (Lipinski definition) is 3. The van der Waals surface area contributed by atoms with Crippen LogP contribution in [-0.2, 0) is 4.79 Å². The third-order valence-corrected chi connectivity index (χ3v) is 4.30. The summed E-state index contributed by atoms with van der Waals surface area (Å²) >= 11 is 0. The van der Waals surface area contributed by atoms with Crippen LogP contribution in [0.5, 0.6) is 0 Å². The Morgan fingerprint density at radius 1 is 1.43 bits per heavy atom. The lowest BCUT2D eigenvalue weighted by atomic mass is 9.95. The Balaban J connectivity index is 0.00000220. The topological polar surface area (TPSA) is 58.4 Å². The number of amides is 1. The molecule has 21 heavy (non-hydrogen) atoms. The van der Waals surface area contributed by atoms with E-state index in [-0.39, 0.29) is 24.4 Å². The Hall–Kier alpha value is -1.10. The molecule has 0 aliphatic carbocycles. The number of carbonyl (C=O) groups excluding carboxylic acids is 1. The zero-order valence-corrected chi connectivity index (χ0v) is 13.9. The molecule has 1 aliphatic heterocycles. The first-order valence-corrected chi connectivity index (χ1v) is 7.31. The maximum Gasteiger partial charge on any atom is 0.238 e. The Morgan fingerprint density at radius 2 is 2.14 bits per heavy atom. The van der Waals surface area contributed by atoms with Crippen molar-refractivity contribution in [3.63, 3.8) is 0 Å². The molecule has 1 aliphatic rings. The molecule has 2 atom stereocenters. The number of nitrogens with zero attached hydrogens (tertiary/aromatic N) is 1. The number of hydrogen-bond donors (Lipinski definition) is 2. The molecule has 1 fully saturated rings. The SMILES string of the molecule is Cc1cccc(NC(=O)CN2CCC(N)C(C)C2)c1C.Cl. The van der Waals surface area contributed by atoms with Gasteiger partial charge in [0, 0.05) is 24.8 Å². The van der Waals surface area contributed by atoms with E-state index >= 15 is 0 Å². The summed E-state index contributed by atoms with van der Waals surface area (Å²) in [5.74, 6) is 0.513. The largest absolute Gasteiger partial charge is 0.327 e. The van der Waals surface area contributed by atoms with Crippen molar-refractivity contribution in [3.05, 3.63) is 29.3 Å². The highest BCUT2D eigenvalue weighted by atomic mass is 35.5. The quantitative estimate of drug-likeness (QED) is 0.901. The van der Waals surface area contributed by atoms with Crippen LogP contribution >= 0.6 is 12.4 Å². The molecule has 1 amide bonds. The van der Waals surface area contributed by atoms with Gasteiger partial charge in [-0.1, -0.05) is 19.1 Å². The molecule has 3 N–H and O–H groups in total. The van der Waals surface area contributed by atoms with Crippen LogP contribution in [0, 0.1) is 19.8 Å². The molecule has 0 spiro atoms. The van der Waals surface area contributed by atoms with Crippen molar-refractivity contribution in [1.82, 2.24) is 4.90 Å². The van der Waals surface area contributed by atoms with Gasteiger partial charge in [-0.05, 0) is 43.4 Å². The molecule has 1 aromatic carbocycles. The van der Waals surface area contributed by atoms with Gasteiger partial charge in [0.25, 0.3) is 0 Å². The lowest BCUT2D eigenvalue weighted by molar-refractivity contribution is -0.117. The van der Waals surface area contributed by atoms with E-state index in [0.717, 1.165) is 30.8 Å². The highest BCUT2D eigenvalue weighted by Crippen LogP contribution is 2.18. The standard InChI is InChI=1S/C16H25N3O.ClH/c1-11-5-4-6-15(13(11)3)18-16(20)10-19-8-7-14(17)12(2)9-19;/h4-6,12,14H,7-10,17H2,1-3H3,(H,18,20);1H. The first-order chi connectivity index (χ1) is 9.47. The van der Waals surface area contributed by atoms with Crippen LogP contribution in [0.25, 0.3) is 0 Å². The van der Waals surface area contributed by atoms with E-state index in [4.69, 9.17) is 5.73 Å². The number of aryl methyl sites for hydroxylation is 1. The first-order valence-electron chi connectivity index (χ1n) is 7.31. The number of halogens is 1. The van der Waals surface area contributed by atoms with E-state index in [1.807, 2.05) is 19.1 Å². The Morgan fingerprint density at radius 3 is 2.81 bits per heavy atom. The van der Waals surface area contributed by atoms with Crippen LogP contribution < -0.4 is 11.1 Å². The van der Waals surface area contributed by atoms with Crippen molar-refractivity contribution in [2.24, 2.45) is 11.7 Å². The first kappa shape index (κ1) is 18.0. The zero-order valence-electron chi connectivity index (χ0n) is 13.1. The minimum Gasteiger partial charge on any atom is -0.327 e. The molecular weight excluding hydrogens is 286 g/mol. The lowest BCUT2D eigenvalue weighted by Gasteiger charge is -2.34. The molecule has 1 saturated heterocycles. The predicted molar refractivity (Wildman–Crippen MR) is 90.0 cm³/mol. The van der Waals surface area contributed by atoms with Gasteiger partial charge >= 0.3 is 0 Å². The van der Waals surface area contributed by atoms with Crippen molar-refractivity contribution in [1.29, 1.82) is 0 Å². The van der Waals surface area contributed by atoms with Gasteiger partial charge < -0.3 is 11.1 Å². The summed E-state index contributed by atoms with van der Waals surface area (Å²) in [4.78, 5) is 14.3. The molecule has 5 heteroatoms. The van der Waals surface area contributed by atoms with Gasteiger partial charge in [-0.3, -0.25) is 9.69 Å². The summed E-state index contributed by atoms with van der Waals surface area (Å²) in [5, 5.41) is 3.01. The molecule has 2 unspecified atom stereocenters. The Labute approximate surface area is 133 Å². The lowest BCUT2D eigenvalue weighted by Crippen LogP contribution is -2.48. The van der Waals surface area contributed by atoms with Crippen molar-refractivity contribution in [2.75, 3.05) is 25.0 Å². The summed E-state index contributed by atoms with van der Waals surface area (Å²) < 4.78 is 0. The normalized spacial score (nSPS) is 22.5. The number of carbonyl (C=O) groups is 1. The van der Waals surface area contributed by atoms with Gasteiger partial charge in [0.1, 0.15) is 0 Å². The third-order valence-electron chi connectivity index (χ3n) is 4.30. The van der Waals surface area contributed by atoms with Crippen LogP contribution in [0.2, 0.25) is 0 Å². The number of nitrogens with one attached hydrogen (secondary N) is 1. The number of nitrogens with two attached hydrogens (primary N) is 1.